The standard InChI is InChI=1S/C14H15ClFN3O2/c1-14(2,3)12-11(13(20)21)17-18-19(12)7-8-4-5-9(15)6-10(8)16/h4-6H,7H2,1-3H3,(H,20,21). The van der Waals surface area contributed by atoms with Crippen LogP contribution in [0.25, 0.3) is 0 Å². The fourth-order valence-electron chi connectivity index (χ4n) is 2.12. The van der Waals surface area contributed by atoms with Gasteiger partial charge in [0.05, 0.1) is 12.2 Å². The normalized spacial score (nSPS) is 11.7. The van der Waals surface area contributed by atoms with Crippen LogP contribution in [0.1, 0.15) is 42.5 Å². The number of halogens is 2. The van der Waals surface area contributed by atoms with E-state index in [0.29, 0.717) is 16.3 Å². The van der Waals surface area contributed by atoms with E-state index in [1.807, 2.05) is 20.8 Å². The highest BCUT2D eigenvalue weighted by Gasteiger charge is 2.29. The summed E-state index contributed by atoms with van der Waals surface area (Å²) in [6.07, 6.45) is 0. The number of carboxylic acid groups (broad SMARTS) is 1. The van der Waals surface area contributed by atoms with Gasteiger partial charge in [-0.2, -0.15) is 0 Å². The summed E-state index contributed by atoms with van der Waals surface area (Å²) in [7, 11) is 0. The molecule has 0 aliphatic heterocycles. The quantitative estimate of drug-likeness (QED) is 0.945. The van der Waals surface area contributed by atoms with Crippen molar-refractivity contribution in [3.05, 3.63) is 46.0 Å². The first-order valence-electron chi connectivity index (χ1n) is 6.31. The predicted molar refractivity (Wildman–Crippen MR) is 76.2 cm³/mol. The molecule has 5 nitrogen and oxygen atoms in total. The van der Waals surface area contributed by atoms with Crippen LogP contribution < -0.4 is 0 Å². The minimum Gasteiger partial charge on any atom is -0.476 e. The van der Waals surface area contributed by atoms with Gasteiger partial charge >= 0.3 is 5.97 Å². The molecule has 0 spiro atoms. The summed E-state index contributed by atoms with van der Waals surface area (Å²) in [4.78, 5) is 11.2. The Kier molecular flexibility index (Phi) is 4.00. The molecule has 0 atom stereocenters. The van der Waals surface area contributed by atoms with Crippen LogP contribution in [-0.2, 0) is 12.0 Å². The van der Waals surface area contributed by atoms with Gasteiger partial charge in [0.25, 0.3) is 0 Å². The van der Waals surface area contributed by atoms with E-state index < -0.39 is 17.2 Å². The molecule has 0 bridgehead atoms. The van der Waals surface area contributed by atoms with Gasteiger partial charge in [0.15, 0.2) is 5.69 Å². The van der Waals surface area contributed by atoms with Crippen LogP contribution in [0.5, 0.6) is 0 Å². The molecule has 1 heterocycles. The van der Waals surface area contributed by atoms with Crippen molar-refractivity contribution in [3.8, 4) is 0 Å². The number of benzene rings is 1. The molecule has 0 amide bonds. The molecule has 0 unspecified atom stereocenters. The average Bonchev–Trinajstić information content (AvgIpc) is 2.76. The number of aromatic nitrogens is 3. The zero-order chi connectivity index (χ0) is 15.8. The highest BCUT2D eigenvalue weighted by Crippen LogP contribution is 2.26. The highest BCUT2D eigenvalue weighted by molar-refractivity contribution is 6.30. The Morgan fingerprint density at radius 1 is 1.43 bits per heavy atom. The fourth-order valence-corrected chi connectivity index (χ4v) is 2.28. The molecule has 112 valence electrons. The lowest BCUT2D eigenvalue weighted by molar-refractivity contribution is 0.0687. The maximum absolute atomic E-state index is 13.9. The minimum atomic E-state index is -1.15. The number of carbonyl (C=O) groups is 1. The summed E-state index contributed by atoms with van der Waals surface area (Å²) in [5, 5.41) is 17.0. The lowest BCUT2D eigenvalue weighted by Gasteiger charge is -2.20. The second-order valence-corrected chi connectivity index (χ2v) is 6.17. The second kappa shape index (κ2) is 5.44. The van der Waals surface area contributed by atoms with Crippen molar-refractivity contribution >= 4 is 17.6 Å². The zero-order valence-corrected chi connectivity index (χ0v) is 12.6. The predicted octanol–water partition coefficient (Wildman–Crippen LogP) is 3.11. The van der Waals surface area contributed by atoms with Gasteiger partial charge in [0.2, 0.25) is 0 Å². The van der Waals surface area contributed by atoms with E-state index in [1.165, 1.54) is 10.7 Å². The number of hydrogen-bond donors (Lipinski definition) is 1. The summed E-state index contributed by atoms with van der Waals surface area (Å²) in [5.41, 5.74) is 0.216. The minimum absolute atomic E-state index is 0.0931. The van der Waals surface area contributed by atoms with E-state index in [0.717, 1.165) is 0 Å². The van der Waals surface area contributed by atoms with E-state index in [-0.39, 0.29) is 12.2 Å². The van der Waals surface area contributed by atoms with E-state index in [4.69, 9.17) is 11.6 Å². The molecule has 0 saturated carbocycles. The van der Waals surface area contributed by atoms with Gasteiger partial charge in [-0.05, 0) is 12.1 Å². The molecule has 0 radical (unpaired) electrons. The molecule has 1 N–H and O–H groups in total. The monoisotopic (exact) mass is 311 g/mol. The molecule has 0 aliphatic carbocycles. The molecule has 0 saturated heterocycles. The first-order chi connectivity index (χ1) is 9.70. The first kappa shape index (κ1) is 15.4. The topological polar surface area (TPSA) is 68.0 Å². The summed E-state index contributed by atoms with van der Waals surface area (Å²) < 4.78 is 15.3. The second-order valence-electron chi connectivity index (χ2n) is 5.74. The average molecular weight is 312 g/mol. The third-order valence-corrected chi connectivity index (χ3v) is 3.22. The third-order valence-electron chi connectivity index (χ3n) is 2.98. The van der Waals surface area contributed by atoms with Crippen molar-refractivity contribution < 1.29 is 14.3 Å². The van der Waals surface area contributed by atoms with Gasteiger partial charge < -0.3 is 5.11 Å². The Labute approximate surface area is 126 Å². The van der Waals surface area contributed by atoms with E-state index >= 15 is 0 Å². The van der Waals surface area contributed by atoms with Gasteiger partial charge in [0, 0.05) is 16.0 Å². The maximum atomic E-state index is 13.9. The van der Waals surface area contributed by atoms with Gasteiger partial charge in [-0.1, -0.05) is 43.7 Å². The third kappa shape index (κ3) is 3.21. The highest BCUT2D eigenvalue weighted by atomic mass is 35.5. The van der Waals surface area contributed by atoms with Crippen molar-refractivity contribution in [2.75, 3.05) is 0 Å². The maximum Gasteiger partial charge on any atom is 0.358 e. The largest absolute Gasteiger partial charge is 0.476 e. The van der Waals surface area contributed by atoms with Crippen LogP contribution in [0, 0.1) is 5.82 Å². The van der Waals surface area contributed by atoms with Crippen LogP contribution in [0.3, 0.4) is 0 Å². The van der Waals surface area contributed by atoms with E-state index in [1.54, 1.807) is 12.1 Å². The smallest absolute Gasteiger partial charge is 0.358 e. The Bertz CT molecular complexity index is 692. The molecule has 2 rings (SSSR count). The number of aromatic carboxylic acids is 1. The Balaban J connectivity index is 2.47. The summed E-state index contributed by atoms with van der Waals surface area (Å²) in [6.45, 7) is 5.66. The summed E-state index contributed by atoms with van der Waals surface area (Å²) in [6, 6.07) is 4.33. The number of hydrogen-bond acceptors (Lipinski definition) is 3. The fraction of sp³-hybridized carbons (Fsp3) is 0.357. The Hall–Kier alpha value is -1.95. The van der Waals surface area contributed by atoms with E-state index in [2.05, 4.69) is 10.3 Å². The van der Waals surface area contributed by atoms with Gasteiger partial charge in [-0.15, -0.1) is 5.10 Å². The lowest BCUT2D eigenvalue weighted by atomic mass is 9.90. The number of rotatable bonds is 3. The van der Waals surface area contributed by atoms with Crippen LogP contribution >= 0.6 is 11.6 Å². The molecule has 0 aliphatic rings. The van der Waals surface area contributed by atoms with Crippen LogP contribution in [0.15, 0.2) is 18.2 Å². The lowest BCUT2D eigenvalue weighted by Crippen LogP contribution is -2.22. The molecular formula is C14H15ClFN3O2. The van der Waals surface area contributed by atoms with E-state index in [9.17, 15) is 14.3 Å². The Morgan fingerprint density at radius 2 is 2.10 bits per heavy atom. The van der Waals surface area contributed by atoms with Gasteiger partial charge in [-0.25, -0.2) is 13.9 Å². The summed E-state index contributed by atoms with van der Waals surface area (Å²) >= 11 is 5.72. The number of carboxylic acids is 1. The van der Waals surface area contributed by atoms with Crippen LogP contribution in [0.2, 0.25) is 5.02 Å². The molecule has 1 aromatic carbocycles. The summed E-state index contributed by atoms with van der Waals surface area (Å²) in [5.74, 6) is -1.61. The SMILES string of the molecule is CC(C)(C)c1c(C(=O)O)nnn1Cc1ccc(Cl)cc1F. The van der Waals surface area contributed by atoms with Crippen molar-refractivity contribution in [1.82, 2.24) is 15.0 Å². The van der Waals surface area contributed by atoms with Crippen molar-refractivity contribution in [1.29, 1.82) is 0 Å². The van der Waals surface area contributed by atoms with Crippen molar-refractivity contribution in [2.24, 2.45) is 0 Å². The van der Waals surface area contributed by atoms with Gasteiger partial charge in [0.1, 0.15) is 5.82 Å². The molecule has 7 heteroatoms. The van der Waals surface area contributed by atoms with Crippen molar-refractivity contribution in [3.63, 3.8) is 0 Å². The number of nitrogens with zero attached hydrogens (tertiary/aromatic N) is 3. The molecule has 1 aromatic heterocycles. The molecule has 2 aromatic rings. The first-order valence-corrected chi connectivity index (χ1v) is 6.69. The molecular weight excluding hydrogens is 297 g/mol. The molecule has 21 heavy (non-hydrogen) atoms. The van der Waals surface area contributed by atoms with Crippen molar-refractivity contribution in [2.45, 2.75) is 32.7 Å². The van der Waals surface area contributed by atoms with Gasteiger partial charge in [-0.3, -0.25) is 0 Å². The molecule has 0 fully saturated rings. The Morgan fingerprint density at radius 3 is 2.62 bits per heavy atom. The van der Waals surface area contributed by atoms with Crippen LogP contribution in [0.4, 0.5) is 4.39 Å². The zero-order valence-electron chi connectivity index (χ0n) is 11.9. The van der Waals surface area contributed by atoms with Crippen LogP contribution in [-0.4, -0.2) is 26.1 Å².